The zero-order chi connectivity index (χ0) is 24.7. The lowest BCUT2D eigenvalue weighted by molar-refractivity contribution is 0.0559. The third kappa shape index (κ3) is 3.97. The van der Waals surface area contributed by atoms with Crippen LogP contribution in [0.15, 0.2) is 74.0 Å². The lowest BCUT2D eigenvalue weighted by atomic mass is 10.1. The van der Waals surface area contributed by atoms with Crippen molar-refractivity contribution >= 4 is 45.8 Å². The van der Waals surface area contributed by atoms with E-state index in [-0.39, 0.29) is 17.3 Å². The molecule has 2 aromatic heterocycles. The molecule has 1 unspecified atom stereocenters. The number of fused-ring (bicyclic) bond motifs is 2. The minimum atomic E-state index is -1.51. The number of ether oxygens (including phenoxy) is 2. The lowest BCUT2D eigenvalue weighted by Gasteiger charge is -2.32. The van der Waals surface area contributed by atoms with Gasteiger partial charge in [0.2, 0.25) is 17.3 Å². The van der Waals surface area contributed by atoms with Crippen LogP contribution in [0, 0.1) is 0 Å². The summed E-state index contributed by atoms with van der Waals surface area (Å²) in [6.45, 7) is 0. The van der Waals surface area contributed by atoms with Gasteiger partial charge in [0.25, 0.3) is 0 Å². The molecule has 0 fully saturated rings. The van der Waals surface area contributed by atoms with E-state index in [0.717, 1.165) is 6.21 Å². The van der Waals surface area contributed by atoms with E-state index in [1.165, 1.54) is 26.4 Å². The summed E-state index contributed by atoms with van der Waals surface area (Å²) < 4.78 is 34.9. The molecule has 0 amide bonds. The Morgan fingerprint density at radius 3 is 2.20 bits per heavy atom. The topological polar surface area (TPSA) is 141 Å². The number of esters is 2. The Morgan fingerprint density at radius 1 is 0.971 bits per heavy atom. The van der Waals surface area contributed by atoms with E-state index in [2.05, 4.69) is 25.1 Å². The van der Waals surface area contributed by atoms with E-state index in [9.17, 15) is 14.0 Å². The Bertz CT molecular complexity index is 1550. The van der Waals surface area contributed by atoms with Crippen molar-refractivity contribution in [3.05, 3.63) is 77.3 Å². The number of carbonyl (C=O) groups excluding carboxylic acids is 2. The minimum absolute atomic E-state index is 0.0129. The molecule has 0 radical (unpaired) electrons. The molecule has 0 saturated carbocycles. The maximum Gasteiger partial charge on any atom is 0.373 e. The smallest absolute Gasteiger partial charge is 0.373 e. The molecule has 0 bridgehead atoms. The zero-order valence-corrected chi connectivity index (χ0v) is 18.5. The number of aliphatic imine (C=N–C) groups is 1. The summed E-state index contributed by atoms with van der Waals surface area (Å²) in [4.78, 5) is 27.6. The van der Waals surface area contributed by atoms with Crippen molar-refractivity contribution in [1.29, 1.82) is 0 Å². The number of carbonyl (C=O) groups is 2. The Kier molecular flexibility index (Phi) is 5.25. The molecule has 1 aliphatic heterocycles. The molecule has 0 spiro atoms. The second kappa shape index (κ2) is 8.29. The highest BCUT2D eigenvalue weighted by Crippen LogP contribution is 2.30. The largest absolute Gasteiger partial charge is 0.463 e. The number of nitrogens with zero attached hydrogens (tertiary/aromatic N) is 1. The van der Waals surface area contributed by atoms with Crippen LogP contribution < -0.4 is 16.4 Å². The number of benzene rings is 2. The first-order valence-electron chi connectivity index (χ1n) is 10.3. The van der Waals surface area contributed by atoms with E-state index in [4.69, 9.17) is 14.6 Å². The standard InChI is InChI=1S/C24H19FN4O6/c1-32-22(30)19-9-12-7-14(3-5-17(12)34-19)24(26)27-11-16(25)21(29-24)28-15-4-6-18-13(8-15)10-20(35-18)23(31)33-2/h3-11,28-29H,26H2,1-2H3. The summed E-state index contributed by atoms with van der Waals surface area (Å²) in [6, 6.07) is 13.0. The third-order valence-corrected chi connectivity index (χ3v) is 5.45. The van der Waals surface area contributed by atoms with Gasteiger partial charge in [0, 0.05) is 22.0 Å². The number of hydrogen-bond donors (Lipinski definition) is 3. The van der Waals surface area contributed by atoms with Gasteiger partial charge < -0.3 is 28.9 Å². The van der Waals surface area contributed by atoms with Gasteiger partial charge in [0.05, 0.1) is 20.4 Å². The number of furan rings is 2. The number of anilines is 1. The maximum atomic E-state index is 14.7. The van der Waals surface area contributed by atoms with Crippen molar-refractivity contribution in [2.24, 2.45) is 10.7 Å². The molecule has 11 heteroatoms. The molecule has 3 heterocycles. The molecule has 5 rings (SSSR count). The molecular formula is C24H19FN4O6. The zero-order valence-electron chi connectivity index (χ0n) is 18.5. The predicted molar refractivity (Wildman–Crippen MR) is 124 cm³/mol. The Morgan fingerprint density at radius 2 is 1.57 bits per heavy atom. The van der Waals surface area contributed by atoms with E-state index < -0.39 is 23.6 Å². The van der Waals surface area contributed by atoms with Gasteiger partial charge in [-0.05, 0) is 48.5 Å². The SMILES string of the molecule is COC(=O)c1cc2cc(NC3=C(F)C=NC(N)(c4ccc5oc(C(=O)OC)cc5c4)N3)ccc2o1. The molecule has 10 nitrogen and oxygen atoms in total. The molecular weight excluding hydrogens is 459 g/mol. The van der Waals surface area contributed by atoms with Crippen LogP contribution in [-0.2, 0) is 15.3 Å². The van der Waals surface area contributed by atoms with Crippen molar-refractivity contribution < 1.29 is 32.3 Å². The Labute approximate surface area is 197 Å². The highest BCUT2D eigenvalue weighted by Gasteiger charge is 2.32. The molecule has 1 atom stereocenters. The van der Waals surface area contributed by atoms with Crippen molar-refractivity contribution in [3.8, 4) is 0 Å². The highest BCUT2D eigenvalue weighted by molar-refractivity contribution is 5.94. The maximum absolute atomic E-state index is 14.7. The first kappa shape index (κ1) is 22.2. The van der Waals surface area contributed by atoms with Gasteiger partial charge in [0.1, 0.15) is 17.0 Å². The first-order chi connectivity index (χ1) is 16.8. The number of allylic oxidation sites excluding steroid dienone is 1. The predicted octanol–water partition coefficient (Wildman–Crippen LogP) is 3.75. The van der Waals surface area contributed by atoms with Crippen LogP contribution in [0.2, 0.25) is 0 Å². The van der Waals surface area contributed by atoms with Crippen molar-refractivity contribution in [3.63, 3.8) is 0 Å². The normalized spacial score (nSPS) is 17.5. The average Bonchev–Trinajstić information content (AvgIpc) is 3.49. The van der Waals surface area contributed by atoms with Gasteiger partial charge in [-0.15, -0.1) is 0 Å². The summed E-state index contributed by atoms with van der Waals surface area (Å²) in [5.74, 6) is -3.29. The van der Waals surface area contributed by atoms with Crippen LogP contribution in [-0.4, -0.2) is 32.4 Å². The molecule has 178 valence electrons. The fourth-order valence-electron chi connectivity index (χ4n) is 3.69. The summed E-state index contributed by atoms with van der Waals surface area (Å²) in [6.07, 6.45) is 1.02. The fourth-order valence-corrected chi connectivity index (χ4v) is 3.69. The monoisotopic (exact) mass is 478 g/mol. The van der Waals surface area contributed by atoms with Gasteiger partial charge in [0.15, 0.2) is 5.83 Å². The van der Waals surface area contributed by atoms with E-state index in [0.29, 0.717) is 33.2 Å². The molecule has 1 aliphatic rings. The first-order valence-corrected chi connectivity index (χ1v) is 10.3. The van der Waals surface area contributed by atoms with E-state index >= 15 is 0 Å². The second-order valence-electron chi connectivity index (χ2n) is 7.71. The van der Waals surface area contributed by atoms with E-state index in [1.807, 2.05) is 0 Å². The molecule has 0 aliphatic carbocycles. The quantitative estimate of drug-likeness (QED) is 0.366. The van der Waals surface area contributed by atoms with E-state index in [1.54, 1.807) is 36.4 Å². The van der Waals surface area contributed by atoms with Crippen LogP contribution in [0.5, 0.6) is 0 Å². The minimum Gasteiger partial charge on any atom is -0.463 e. The van der Waals surface area contributed by atoms with Crippen LogP contribution in [0.25, 0.3) is 21.9 Å². The number of methoxy groups -OCH3 is 2. The molecule has 35 heavy (non-hydrogen) atoms. The lowest BCUT2D eigenvalue weighted by Crippen LogP contribution is -2.51. The number of rotatable bonds is 5. The van der Waals surface area contributed by atoms with Crippen LogP contribution in [0.1, 0.15) is 26.7 Å². The summed E-state index contributed by atoms with van der Waals surface area (Å²) in [7, 11) is 2.52. The van der Waals surface area contributed by atoms with Gasteiger partial charge in [-0.1, -0.05) is 0 Å². The molecule has 0 saturated heterocycles. The Hall–Kier alpha value is -4.64. The summed E-state index contributed by atoms with van der Waals surface area (Å²) >= 11 is 0. The van der Waals surface area contributed by atoms with Crippen molar-refractivity contribution in [2.45, 2.75) is 5.79 Å². The van der Waals surface area contributed by atoms with Crippen molar-refractivity contribution in [2.75, 3.05) is 19.5 Å². The number of halogens is 1. The van der Waals surface area contributed by atoms with Crippen LogP contribution in [0.4, 0.5) is 10.1 Å². The molecule has 4 N–H and O–H groups in total. The fraction of sp³-hybridized carbons (Fsp3) is 0.125. The average molecular weight is 478 g/mol. The number of hydrogen-bond acceptors (Lipinski definition) is 10. The summed E-state index contributed by atoms with van der Waals surface area (Å²) in [5, 5.41) is 7.05. The van der Waals surface area contributed by atoms with Gasteiger partial charge in [-0.25, -0.2) is 19.0 Å². The number of nitrogens with two attached hydrogens (primary N) is 1. The van der Waals surface area contributed by atoms with Gasteiger partial charge in [-0.2, -0.15) is 0 Å². The Balaban J connectivity index is 1.41. The van der Waals surface area contributed by atoms with Crippen LogP contribution >= 0.6 is 0 Å². The van der Waals surface area contributed by atoms with Crippen molar-refractivity contribution in [1.82, 2.24) is 5.32 Å². The highest BCUT2D eigenvalue weighted by atomic mass is 19.1. The molecule has 2 aromatic carbocycles. The van der Waals surface area contributed by atoms with Gasteiger partial charge in [-0.3, -0.25) is 5.73 Å². The third-order valence-electron chi connectivity index (χ3n) is 5.45. The number of nitrogens with one attached hydrogen (secondary N) is 2. The van der Waals surface area contributed by atoms with Gasteiger partial charge >= 0.3 is 11.9 Å². The van der Waals surface area contributed by atoms with Crippen LogP contribution in [0.3, 0.4) is 0 Å². The second-order valence-corrected chi connectivity index (χ2v) is 7.71. The molecule has 4 aromatic rings. The summed E-state index contributed by atoms with van der Waals surface area (Å²) in [5.41, 5.74) is 8.41.